The van der Waals surface area contributed by atoms with Crippen molar-refractivity contribution < 1.29 is 14.3 Å². The molecule has 0 saturated heterocycles. The molecule has 0 radical (unpaired) electrons. The second-order valence-electron chi connectivity index (χ2n) is 6.09. The van der Waals surface area contributed by atoms with Gasteiger partial charge in [0.05, 0.1) is 23.5 Å². The lowest BCUT2D eigenvalue weighted by molar-refractivity contribution is -0.119. The monoisotopic (exact) mass is 394 g/mol. The van der Waals surface area contributed by atoms with Crippen molar-refractivity contribution >= 4 is 28.2 Å². The number of hydrogen-bond acceptors (Lipinski definition) is 6. The molecular formula is C20H18N4O3S. The predicted molar refractivity (Wildman–Crippen MR) is 105 cm³/mol. The minimum atomic E-state index is -0.601. The molecule has 8 heteroatoms. The fourth-order valence-electron chi connectivity index (χ4n) is 2.76. The Labute approximate surface area is 166 Å². The van der Waals surface area contributed by atoms with Crippen LogP contribution in [-0.4, -0.2) is 28.3 Å². The number of aryl methyl sites for hydroxylation is 1. The lowest BCUT2D eigenvalue weighted by Crippen LogP contribution is -2.21. The Bertz CT molecular complexity index is 1050. The number of nitrogens with one attached hydrogen (secondary N) is 1. The molecule has 0 atom stereocenters. The van der Waals surface area contributed by atoms with Crippen LogP contribution in [0.3, 0.4) is 0 Å². The van der Waals surface area contributed by atoms with E-state index in [0.29, 0.717) is 34.1 Å². The van der Waals surface area contributed by atoms with Crippen molar-refractivity contribution in [3.05, 3.63) is 69.9 Å². The molecule has 0 aliphatic heterocycles. The zero-order valence-corrected chi connectivity index (χ0v) is 16.2. The van der Waals surface area contributed by atoms with Crippen molar-refractivity contribution in [2.75, 3.05) is 11.9 Å². The quantitative estimate of drug-likeness (QED) is 0.647. The molecule has 3 aromatic rings. The van der Waals surface area contributed by atoms with Crippen molar-refractivity contribution in [3.63, 3.8) is 0 Å². The van der Waals surface area contributed by atoms with Crippen molar-refractivity contribution in [1.82, 2.24) is 9.78 Å². The normalized spacial score (nSPS) is 10.3. The average Bonchev–Trinajstić information content (AvgIpc) is 3.24. The number of benzene rings is 1. The third-order valence-electron chi connectivity index (χ3n) is 4.13. The number of ether oxygens (including phenoxy) is 1. The Morgan fingerprint density at radius 2 is 2.00 bits per heavy atom. The Kier molecular flexibility index (Phi) is 5.87. The van der Waals surface area contributed by atoms with E-state index in [-0.39, 0.29) is 0 Å². The molecule has 0 spiro atoms. The van der Waals surface area contributed by atoms with Gasteiger partial charge in [0, 0.05) is 0 Å². The Balaban J connectivity index is 1.64. The van der Waals surface area contributed by atoms with E-state index in [9.17, 15) is 9.59 Å². The maximum atomic E-state index is 12.5. The van der Waals surface area contributed by atoms with Crippen LogP contribution in [0.25, 0.3) is 0 Å². The molecule has 1 amide bonds. The summed E-state index contributed by atoms with van der Waals surface area (Å²) in [7, 11) is 0. The first-order valence-electron chi connectivity index (χ1n) is 8.52. The molecule has 28 heavy (non-hydrogen) atoms. The van der Waals surface area contributed by atoms with Crippen molar-refractivity contribution in [2.45, 2.75) is 20.4 Å². The Morgan fingerprint density at radius 1 is 1.25 bits per heavy atom. The van der Waals surface area contributed by atoms with E-state index in [2.05, 4.69) is 10.4 Å². The molecule has 0 bridgehead atoms. The van der Waals surface area contributed by atoms with Crippen LogP contribution in [0, 0.1) is 25.2 Å². The summed E-state index contributed by atoms with van der Waals surface area (Å²) in [6.07, 6.45) is 0. The van der Waals surface area contributed by atoms with Crippen LogP contribution in [0.4, 0.5) is 5.00 Å². The second-order valence-corrected chi connectivity index (χ2v) is 7.00. The highest BCUT2D eigenvalue weighted by Gasteiger charge is 2.21. The number of anilines is 1. The summed E-state index contributed by atoms with van der Waals surface area (Å²) in [5.74, 6) is -1.10. The summed E-state index contributed by atoms with van der Waals surface area (Å²) in [6, 6.07) is 13.4. The molecule has 0 aliphatic carbocycles. The number of amides is 1. The van der Waals surface area contributed by atoms with Gasteiger partial charge in [-0.2, -0.15) is 10.4 Å². The largest absolute Gasteiger partial charge is 0.452 e. The first-order chi connectivity index (χ1) is 13.5. The standard InChI is InChI=1S/C20H18N4O3S/c1-13-18(14(2)24(23-13)11-15-6-4-3-5-7-15)20(26)27-12-17(25)22-19-16(10-21)8-9-28-19/h3-9H,11-12H2,1-2H3,(H,22,25). The van der Waals surface area contributed by atoms with Crippen LogP contribution in [0.2, 0.25) is 0 Å². The molecular weight excluding hydrogens is 376 g/mol. The van der Waals surface area contributed by atoms with Crippen LogP contribution >= 0.6 is 11.3 Å². The number of nitrogens with zero attached hydrogens (tertiary/aromatic N) is 3. The number of rotatable bonds is 6. The highest BCUT2D eigenvalue weighted by Crippen LogP contribution is 2.22. The molecule has 3 rings (SSSR count). The molecule has 1 N–H and O–H groups in total. The van der Waals surface area contributed by atoms with Gasteiger partial charge >= 0.3 is 5.97 Å². The van der Waals surface area contributed by atoms with E-state index in [1.54, 1.807) is 30.0 Å². The van der Waals surface area contributed by atoms with Gasteiger partial charge < -0.3 is 10.1 Å². The Morgan fingerprint density at radius 3 is 2.71 bits per heavy atom. The molecule has 0 unspecified atom stereocenters. The SMILES string of the molecule is Cc1nn(Cc2ccccc2)c(C)c1C(=O)OCC(=O)Nc1sccc1C#N. The van der Waals surface area contributed by atoms with E-state index in [0.717, 1.165) is 5.56 Å². The fourth-order valence-corrected chi connectivity index (χ4v) is 3.52. The van der Waals surface area contributed by atoms with Crippen LogP contribution < -0.4 is 5.32 Å². The Hall–Kier alpha value is -3.44. The maximum absolute atomic E-state index is 12.5. The summed E-state index contributed by atoms with van der Waals surface area (Å²) in [5.41, 5.74) is 3.02. The number of nitriles is 1. The molecule has 2 heterocycles. The first kappa shape index (κ1) is 19.3. The van der Waals surface area contributed by atoms with Gasteiger partial charge in [-0.25, -0.2) is 4.79 Å². The summed E-state index contributed by atoms with van der Waals surface area (Å²) >= 11 is 1.23. The summed E-state index contributed by atoms with van der Waals surface area (Å²) in [5, 5.41) is 18.1. The molecule has 7 nitrogen and oxygen atoms in total. The van der Waals surface area contributed by atoms with E-state index in [1.165, 1.54) is 11.3 Å². The van der Waals surface area contributed by atoms with Gasteiger partial charge in [0.25, 0.3) is 5.91 Å². The highest BCUT2D eigenvalue weighted by atomic mass is 32.1. The lowest BCUT2D eigenvalue weighted by Gasteiger charge is -2.07. The zero-order chi connectivity index (χ0) is 20.1. The minimum absolute atomic E-state index is 0.359. The van der Waals surface area contributed by atoms with E-state index >= 15 is 0 Å². The molecule has 2 aromatic heterocycles. The zero-order valence-electron chi connectivity index (χ0n) is 15.4. The molecule has 1 aromatic carbocycles. The summed E-state index contributed by atoms with van der Waals surface area (Å²) in [6.45, 7) is 3.63. The number of thiophene rings is 1. The van der Waals surface area contributed by atoms with Gasteiger partial charge in [0.2, 0.25) is 0 Å². The number of carbonyl (C=O) groups is 2. The van der Waals surface area contributed by atoms with Gasteiger partial charge in [-0.3, -0.25) is 9.48 Å². The number of esters is 1. The van der Waals surface area contributed by atoms with Crippen LogP contribution in [0.15, 0.2) is 41.8 Å². The average molecular weight is 394 g/mol. The maximum Gasteiger partial charge on any atom is 0.342 e. The van der Waals surface area contributed by atoms with Crippen LogP contribution in [0.1, 0.15) is 32.9 Å². The van der Waals surface area contributed by atoms with Crippen molar-refractivity contribution in [2.24, 2.45) is 0 Å². The minimum Gasteiger partial charge on any atom is -0.452 e. The van der Waals surface area contributed by atoms with Gasteiger partial charge in [-0.05, 0) is 30.9 Å². The van der Waals surface area contributed by atoms with Crippen LogP contribution in [0.5, 0.6) is 0 Å². The van der Waals surface area contributed by atoms with E-state index < -0.39 is 18.5 Å². The van der Waals surface area contributed by atoms with Gasteiger partial charge in [-0.1, -0.05) is 30.3 Å². The lowest BCUT2D eigenvalue weighted by atomic mass is 10.2. The highest BCUT2D eigenvalue weighted by molar-refractivity contribution is 7.14. The summed E-state index contributed by atoms with van der Waals surface area (Å²) < 4.78 is 6.90. The van der Waals surface area contributed by atoms with Crippen molar-refractivity contribution in [1.29, 1.82) is 5.26 Å². The van der Waals surface area contributed by atoms with Crippen LogP contribution in [-0.2, 0) is 16.1 Å². The molecule has 0 aliphatic rings. The van der Waals surface area contributed by atoms with E-state index in [1.807, 2.05) is 36.4 Å². The van der Waals surface area contributed by atoms with Gasteiger partial charge in [0.15, 0.2) is 6.61 Å². The summed E-state index contributed by atoms with van der Waals surface area (Å²) in [4.78, 5) is 24.5. The third kappa shape index (κ3) is 4.27. The number of carbonyl (C=O) groups excluding carboxylic acids is 2. The first-order valence-corrected chi connectivity index (χ1v) is 9.40. The van der Waals surface area contributed by atoms with E-state index in [4.69, 9.17) is 10.00 Å². The molecule has 142 valence electrons. The third-order valence-corrected chi connectivity index (χ3v) is 4.96. The van der Waals surface area contributed by atoms with Gasteiger partial charge in [-0.15, -0.1) is 11.3 Å². The number of aromatic nitrogens is 2. The predicted octanol–water partition coefficient (Wildman–Crippen LogP) is 3.28. The van der Waals surface area contributed by atoms with Crippen molar-refractivity contribution in [3.8, 4) is 6.07 Å². The fraction of sp³-hybridized carbons (Fsp3) is 0.200. The smallest absolute Gasteiger partial charge is 0.342 e. The number of hydrogen-bond donors (Lipinski definition) is 1. The molecule has 0 fully saturated rings. The van der Waals surface area contributed by atoms with Gasteiger partial charge in [0.1, 0.15) is 16.6 Å². The second kappa shape index (κ2) is 8.50. The molecule has 0 saturated carbocycles. The topological polar surface area (TPSA) is 97.0 Å².